The standard InChI is InChI=1S/C13H18ClNO2/c1-3-17-13-7-6-11(9-12(13)14)15-8-4-5-10(2)16/h6-7,9,15H,3-5,8H2,1-2H3. The van der Waals surface area contributed by atoms with Gasteiger partial charge in [0.25, 0.3) is 0 Å². The van der Waals surface area contributed by atoms with Crippen molar-refractivity contribution in [3.8, 4) is 5.75 Å². The molecule has 0 heterocycles. The maximum Gasteiger partial charge on any atom is 0.138 e. The van der Waals surface area contributed by atoms with E-state index in [-0.39, 0.29) is 5.78 Å². The van der Waals surface area contributed by atoms with Crippen molar-refractivity contribution in [1.29, 1.82) is 0 Å². The second-order valence-corrected chi connectivity index (χ2v) is 4.22. The van der Waals surface area contributed by atoms with Crippen molar-refractivity contribution < 1.29 is 9.53 Å². The van der Waals surface area contributed by atoms with Crippen molar-refractivity contribution in [2.75, 3.05) is 18.5 Å². The number of halogens is 1. The molecule has 94 valence electrons. The molecule has 1 aromatic carbocycles. The van der Waals surface area contributed by atoms with E-state index in [1.807, 2.05) is 25.1 Å². The van der Waals surface area contributed by atoms with Gasteiger partial charge in [-0.15, -0.1) is 0 Å². The Hall–Kier alpha value is -1.22. The molecule has 1 rings (SSSR count). The van der Waals surface area contributed by atoms with Gasteiger partial charge in [0.05, 0.1) is 11.6 Å². The van der Waals surface area contributed by atoms with Crippen LogP contribution in [0, 0.1) is 0 Å². The van der Waals surface area contributed by atoms with Crippen molar-refractivity contribution in [2.45, 2.75) is 26.7 Å². The van der Waals surface area contributed by atoms with Crippen molar-refractivity contribution in [1.82, 2.24) is 0 Å². The fraction of sp³-hybridized carbons (Fsp3) is 0.462. The fourth-order valence-electron chi connectivity index (χ4n) is 1.45. The Labute approximate surface area is 107 Å². The zero-order valence-electron chi connectivity index (χ0n) is 10.3. The summed E-state index contributed by atoms with van der Waals surface area (Å²) >= 11 is 6.05. The Morgan fingerprint density at radius 1 is 1.47 bits per heavy atom. The second-order valence-electron chi connectivity index (χ2n) is 3.81. The lowest BCUT2D eigenvalue weighted by atomic mass is 10.2. The van der Waals surface area contributed by atoms with Gasteiger partial charge in [0.1, 0.15) is 11.5 Å². The summed E-state index contributed by atoms with van der Waals surface area (Å²) in [6, 6.07) is 5.60. The molecule has 0 saturated carbocycles. The SMILES string of the molecule is CCOc1ccc(NCCCC(C)=O)cc1Cl. The third-order valence-corrected chi connectivity index (χ3v) is 2.56. The smallest absolute Gasteiger partial charge is 0.138 e. The number of anilines is 1. The minimum Gasteiger partial charge on any atom is -0.492 e. The van der Waals surface area contributed by atoms with Crippen LogP contribution in [0.25, 0.3) is 0 Å². The molecule has 0 aliphatic heterocycles. The minimum absolute atomic E-state index is 0.219. The number of Topliss-reactive ketones (excluding diaryl/α,β-unsaturated/α-hetero) is 1. The molecule has 0 aliphatic carbocycles. The van der Waals surface area contributed by atoms with Crippen molar-refractivity contribution in [3.05, 3.63) is 23.2 Å². The lowest BCUT2D eigenvalue weighted by molar-refractivity contribution is -0.117. The molecule has 3 nitrogen and oxygen atoms in total. The maximum atomic E-state index is 10.8. The first-order valence-electron chi connectivity index (χ1n) is 5.79. The number of rotatable bonds is 7. The van der Waals surface area contributed by atoms with Gasteiger partial charge in [-0.25, -0.2) is 0 Å². The summed E-state index contributed by atoms with van der Waals surface area (Å²) in [4.78, 5) is 10.8. The van der Waals surface area contributed by atoms with E-state index in [1.54, 1.807) is 6.92 Å². The van der Waals surface area contributed by atoms with Gasteiger partial charge in [0, 0.05) is 18.7 Å². The fourth-order valence-corrected chi connectivity index (χ4v) is 1.69. The van der Waals surface area contributed by atoms with Gasteiger partial charge in [0.15, 0.2) is 0 Å². The quantitative estimate of drug-likeness (QED) is 0.758. The molecule has 1 N–H and O–H groups in total. The van der Waals surface area contributed by atoms with Crippen LogP contribution in [0.3, 0.4) is 0 Å². The molecule has 0 bridgehead atoms. The summed E-state index contributed by atoms with van der Waals surface area (Å²) < 4.78 is 5.34. The molecule has 0 atom stereocenters. The lowest BCUT2D eigenvalue weighted by Crippen LogP contribution is -2.03. The van der Waals surface area contributed by atoms with Gasteiger partial charge in [-0.3, -0.25) is 0 Å². The molecule has 0 fully saturated rings. The van der Waals surface area contributed by atoms with Crippen molar-refractivity contribution in [3.63, 3.8) is 0 Å². The molecule has 0 unspecified atom stereocenters. The predicted octanol–water partition coefficient (Wildman–Crippen LogP) is 3.52. The average molecular weight is 256 g/mol. The molecule has 4 heteroatoms. The van der Waals surface area contributed by atoms with E-state index in [0.29, 0.717) is 23.8 Å². The number of carbonyl (C=O) groups excluding carboxylic acids is 1. The monoisotopic (exact) mass is 255 g/mol. The van der Waals surface area contributed by atoms with E-state index in [1.165, 1.54) is 0 Å². The van der Waals surface area contributed by atoms with Crippen molar-refractivity contribution >= 4 is 23.1 Å². The summed E-state index contributed by atoms with van der Waals surface area (Å²) in [7, 11) is 0. The first-order chi connectivity index (χ1) is 8.13. The average Bonchev–Trinajstić information content (AvgIpc) is 2.28. The molecular weight excluding hydrogens is 238 g/mol. The number of carbonyl (C=O) groups is 1. The first kappa shape index (κ1) is 13.8. The Kier molecular flexibility index (Phi) is 5.84. The number of ether oxygens (including phenoxy) is 1. The Morgan fingerprint density at radius 2 is 2.24 bits per heavy atom. The Morgan fingerprint density at radius 3 is 2.82 bits per heavy atom. The number of hydrogen-bond donors (Lipinski definition) is 1. The largest absolute Gasteiger partial charge is 0.492 e. The van der Waals surface area contributed by atoms with Gasteiger partial charge in [-0.2, -0.15) is 0 Å². The molecule has 17 heavy (non-hydrogen) atoms. The highest BCUT2D eigenvalue weighted by molar-refractivity contribution is 6.32. The zero-order valence-corrected chi connectivity index (χ0v) is 11.0. The minimum atomic E-state index is 0.219. The van der Waals surface area contributed by atoms with Crippen LogP contribution in [-0.4, -0.2) is 18.9 Å². The topological polar surface area (TPSA) is 38.3 Å². The van der Waals surface area contributed by atoms with E-state index in [4.69, 9.17) is 16.3 Å². The summed E-state index contributed by atoms with van der Waals surface area (Å²) in [5, 5.41) is 3.82. The van der Waals surface area contributed by atoms with E-state index < -0.39 is 0 Å². The van der Waals surface area contributed by atoms with Gasteiger partial charge in [-0.1, -0.05) is 11.6 Å². The molecule has 1 aromatic rings. The highest BCUT2D eigenvalue weighted by Crippen LogP contribution is 2.27. The third-order valence-electron chi connectivity index (χ3n) is 2.27. The molecule has 0 aliphatic rings. The number of benzene rings is 1. The summed E-state index contributed by atoms with van der Waals surface area (Å²) in [5.41, 5.74) is 0.946. The van der Waals surface area contributed by atoms with Crippen LogP contribution in [0.2, 0.25) is 5.02 Å². The summed E-state index contributed by atoms with van der Waals surface area (Å²) in [5.74, 6) is 0.917. The zero-order chi connectivity index (χ0) is 12.7. The van der Waals surface area contributed by atoms with E-state index in [9.17, 15) is 4.79 Å². The van der Waals surface area contributed by atoms with E-state index >= 15 is 0 Å². The molecule has 0 amide bonds. The molecular formula is C13H18ClNO2. The highest BCUT2D eigenvalue weighted by atomic mass is 35.5. The maximum absolute atomic E-state index is 10.8. The second kappa shape index (κ2) is 7.17. The van der Waals surface area contributed by atoms with Gasteiger partial charge >= 0.3 is 0 Å². The van der Waals surface area contributed by atoms with Crippen LogP contribution in [0.5, 0.6) is 5.75 Å². The van der Waals surface area contributed by atoms with Crippen LogP contribution < -0.4 is 10.1 Å². The van der Waals surface area contributed by atoms with E-state index in [2.05, 4.69) is 5.32 Å². The van der Waals surface area contributed by atoms with Crippen molar-refractivity contribution in [2.24, 2.45) is 0 Å². The molecule has 0 spiro atoms. The lowest BCUT2D eigenvalue weighted by Gasteiger charge is -2.09. The van der Waals surface area contributed by atoms with Gasteiger partial charge in [-0.05, 0) is 38.5 Å². The van der Waals surface area contributed by atoms with Crippen LogP contribution in [0.1, 0.15) is 26.7 Å². The first-order valence-corrected chi connectivity index (χ1v) is 6.17. The third kappa shape index (κ3) is 5.09. The predicted molar refractivity (Wildman–Crippen MR) is 71.0 cm³/mol. The number of nitrogens with one attached hydrogen (secondary N) is 1. The van der Waals surface area contributed by atoms with Crippen LogP contribution in [0.15, 0.2) is 18.2 Å². The Bertz CT molecular complexity index is 380. The molecule has 0 radical (unpaired) electrons. The Balaban J connectivity index is 2.44. The van der Waals surface area contributed by atoms with Gasteiger partial charge < -0.3 is 14.8 Å². The number of hydrogen-bond acceptors (Lipinski definition) is 3. The molecule has 0 saturated heterocycles. The van der Waals surface area contributed by atoms with Crippen LogP contribution in [0.4, 0.5) is 5.69 Å². The normalized spacial score (nSPS) is 10.1. The summed E-state index contributed by atoms with van der Waals surface area (Å²) in [6.07, 6.45) is 1.44. The summed E-state index contributed by atoms with van der Waals surface area (Å²) in [6.45, 7) is 4.90. The van der Waals surface area contributed by atoms with Crippen LogP contribution in [-0.2, 0) is 4.79 Å². The number of ketones is 1. The van der Waals surface area contributed by atoms with Crippen LogP contribution >= 0.6 is 11.6 Å². The van der Waals surface area contributed by atoms with E-state index in [0.717, 1.165) is 18.7 Å². The van der Waals surface area contributed by atoms with Gasteiger partial charge in [0.2, 0.25) is 0 Å². The molecule has 0 aromatic heterocycles. The highest BCUT2D eigenvalue weighted by Gasteiger charge is 2.02.